The standard InChI is InChI=1S/C19H28N2/c1-2-6-17(7-3-1)19(15-16-8-9-18(19)14-16)20-10-13-21-11-4-5-12-21/h1-3,6-7,16,18,20H,4-5,8-15H2/t16-,18+,19+/m0/s1. The lowest BCUT2D eigenvalue weighted by Crippen LogP contribution is -2.49. The van der Waals surface area contributed by atoms with Gasteiger partial charge in [-0.2, -0.15) is 0 Å². The van der Waals surface area contributed by atoms with Gasteiger partial charge >= 0.3 is 0 Å². The first-order valence-corrected chi connectivity index (χ1v) is 8.90. The molecule has 1 N–H and O–H groups in total. The first kappa shape index (κ1) is 13.8. The first-order valence-electron chi connectivity index (χ1n) is 8.90. The highest BCUT2D eigenvalue weighted by atomic mass is 15.2. The van der Waals surface area contributed by atoms with Crippen LogP contribution in [0.15, 0.2) is 30.3 Å². The summed E-state index contributed by atoms with van der Waals surface area (Å²) < 4.78 is 0. The summed E-state index contributed by atoms with van der Waals surface area (Å²) in [6.07, 6.45) is 8.50. The predicted molar refractivity (Wildman–Crippen MR) is 87.2 cm³/mol. The molecule has 2 aliphatic carbocycles. The minimum Gasteiger partial charge on any atom is -0.306 e. The third-order valence-corrected chi connectivity index (χ3v) is 6.20. The number of benzene rings is 1. The van der Waals surface area contributed by atoms with Crippen LogP contribution >= 0.6 is 0 Å². The molecule has 0 amide bonds. The lowest BCUT2D eigenvalue weighted by atomic mass is 9.75. The molecule has 21 heavy (non-hydrogen) atoms. The van der Waals surface area contributed by atoms with Crippen LogP contribution in [-0.2, 0) is 5.54 Å². The van der Waals surface area contributed by atoms with Gasteiger partial charge in [-0.15, -0.1) is 0 Å². The molecule has 0 spiro atoms. The molecule has 1 aromatic rings. The molecule has 3 atom stereocenters. The third kappa shape index (κ3) is 2.53. The molecular weight excluding hydrogens is 256 g/mol. The van der Waals surface area contributed by atoms with E-state index in [9.17, 15) is 0 Å². The molecule has 0 unspecified atom stereocenters. The van der Waals surface area contributed by atoms with Crippen molar-refractivity contribution in [2.24, 2.45) is 11.8 Å². The van der Waals surface area contributed by atoms with Crippen LogP contribution in [-0.4, -0.2) is 31.1 Å². The Bertz CT molecular complexity index is 466. The molecule has 3 fully saturated rings. The molecule has 2 bridgehead atoms. The second-order valence-electron chi connectivity index (χ2n) is 7.39. The Morgan fingerprint density at radius 3 is 2.57 bits per heavy atom. The highest BCUT2D eigenvalue weighted by Crippen LogP contribution is 2.55. The van der Waals surface area contributed by atoms with Crippen LogP contribution in [0.2, 0.25) is 0 Å². The lowest BCUT2D eigenvalue weighted by Gasteiger charge is -2.40. The maximum Gasteiger partial charge on any atom is 0.0466 e. The van der Waals surface area contributed by atoms with E-state index in [-0.39, 0.29) is 5.54 Å². The van der Waals surface area contributed by atoms with E-state index in [0.717, 1.165) is 18.4 Å². The summed E-state index contributed by atoms with van der Waals surface area (Å²) in [6.45, 7) is 5.00. The van der Waals surface area contributed by atoms with E-state index in [1.807, 2.05) is 0 Å². The fourth-order valence-electron chi connectivity index (χ4n) is 5.18. The average molecular weight is 284 g/mol. The van der Waals surface area contributed by atoms with E-state index in [2.05, 4.69) is 40.5 Å². The Morgan fingerprint density at radius 1 is 1.10 bits per heavy atom. The molecule has 114 valence electrons. The molecule has 0 radical (unpaired) electrons. The fourth-order valence-corrected chi connectivity index (χ4v) is 5.18. The maximum absolute atomic E-state index is 4.03. The van der Waals surface area contributed by atoms with Crippen LogP contribution in [0.5, 0.6) is 0 Å². The van der Waals surface area contributed by atoms with Gasteiger partial charge in [0, 0.05) is 18.6 Å². The van der Waals surface area contributed by atoms with E-state index >= 15 is 0 Å². The van der Waals surface area contributed by atoms with Crippen LogP contribution in [0.4, 0.5) is 0 Å². The van der Waals surface area contributed by atoms with Crippen LogP contribution < -0.4 is 5.32 Å². The summed E-state index contributed by atoms with van der Waals surface area (Å²) in [5.41, 5.74) is 1.82. The first-order chi connectivity index (χ1) is 10.4. The van der Waals surface area contributed by atoms with Gasteiger partial charge in [0.2, 0.25) is 0 Å². The lowest BCUT2D eigenvalue weighted by molar-refractivity contribution is 0.198. The zero-order valence-electron chi connectivity index (χ0n) is 13.1. The molecule has 4 rings (SSSR count). The highest BCUT2D eigenvalue weighted by molar-refractivity contribution is 5.29. The van der Waals surface area contributed by atoms with Gasteiger partial charge in [-0.05, 0) is 62.6 Å². The van der Waals surface area contributed by atoms with Crippen molar-refractivity contribution >= 4 is 0 Å². The van der Waals surface area contributed by atoms with Crippen molar-refractivity contribution in [3.05, 3.63) is 35.9 Å². The molecule has 1 heterocycles. The second-order valence-corrected chi connectivity index (χ2v) is 7.39. The summed E-state index contributed by atoms with van der Waals surface area (Å²) in [5, 5.41) is 4.03. The van der Waals surface area contributed by atoms with Crippen molar-refractivity contribution < 1.29 is 0 Å². The van der Waals surface area contributed by atoms with Crippen molar-refractivity contribution in [3.8, 4) is 0 Å². The van der Waals surface area contributed by atoms with Gasteiger partial charge in [-0.1, -0.05) is 36.8 Å². The molecule has 3 aliphatic rings. The summed E-state index contributed by atoms with van der Waals surface area (Å²) in [4.78, 5) is 2.62. The number of nitrogens with zero attached hydrogens (tertiary/aromatic N) is 1. The van der Waals surface area contributed by atoms with Gasteiger partial charge in [-0.3, -0.25) is 0 Å². The molecule has 0 aromatic heterocycles. The van der Waals surface area contributed by atoms with Crippen molar-refractivity contribution in [1.82, 2.24) is 10.2 Å². The quantitative estimate of drug-likeness (QED) is 0.891. The van der Waals surface area contributed by atoms with Gasteiger partial charge in [-0.25, -0.2) is 0 Å². The Morgan fingerprint density at radius 2 is 1.90 bits per heavy atom. The van der Waals surface area contributed by atoms with E-state index in [4.69, 9.17) is 0 Å². The molecule has 2 heteroatoms. The normalized spacial score (nSPS) is 35.6. The van der Waals surface area contributed by atoms with E-state index in [1.165, 1.54) is 58.2 Å². The van der Waals surface area contributed by atoms with Crippen LogP contribution in [0, 0.1) is 11.8 Å². The summed E-state index contributed by atoms with van der Waals surface area (Å²) in [5.74, 6) is 1.83. The zero-order valence-corrected chi connectivity index (χ0v) is 13.1. The summed E-state index contributed by atoms with van der Waals surface area (Å²) >= 11 is 0. The SMILES string of the molecule is c1ccc([C@]2(NCCN3CCCC3)C[C@H]3CC[C@@H]2C3)cc1. The van der Waals surface area contributed by atoms with Crippen molar-refractivity contribution in [1.29, 1.82) is 0 Å². The van der Waals surface area contributed by atoms with Crippen LogP contribution in [0.1, 0.15) is 44.1 Å². The Labute approximate surface area is 128 Å². The molecule has 1 saturated heterocycles. The maximum atomic E-state index is 4.03. The van der Waals surface area contributed by atoms with Gasteiger partial charge in [0.25, 0.3) is 0 Å². The van der Waals surface area contributed by atoms with Gasteiger partial charge in [0.1, 0.15) is 0 Å². The summed E-state index contributed by atoms with van der Waals surface area (Å²) in [6, 6.07) is 11.3. The minimum absolute atomic E-state index is 0.282. The van der Waals surface area contributed by atoms with Crippen molar-refractivity contribution in [2.45, 2.75) is 44.1 Å². The van der Waals surface area contributed by atoms with Crippen LogP contribution in [0.25, 0.3) is 0 Å². The average Bonchev–Trinajstić information content (AvgIpc) is 3.25. The highest BCUT2D eigenvalue weighted by Gasteiger charge is 2.51. The molecule has 1 aliphatic heterocycles. The topological polar surface area (TPSA) is 15.3 Å². The number of fused-ring (bicyclic) bond motifs is 2. The van der Waals surface area contributed by atoms with Crippen molar-refractivity contribution in [2.75, 3.05) is 26.2 Å². The Hall–Kier alpha value is -0.860. The van der Waals surface area contributed by atoms with E-state index < -0.39 is 0 Å². The minimum atomic E-state index is 0.282. The number of hydrogen-bond donors (Lipinski definition) is 1. The molecule has 2 nitrogen and oxygen atoms in total. The number of hydrogen-bond acceptors (Lipinski definition) is 2. The van der Waals surface area contributed by atoms with Gasteiger partial charge < -0.3 is 10.2 Å². The van der Waals surface area contributed by atoms with Crippen LogP contribution in [0.3, 0.4) is 0 Å². The largest absolute Gasteiger partial charge is 0.306 e. The number of likely N-dealkylation sites (tertiary alicyclic amines) is 1. The monoisotopic (exact) mass is 284 g/mol. The fraction of sp³-hybridized carbons (Fsp3) is 0.684. The smallest absolute Gasteiger partial charge is 0.0466 e. The van der Waals surface area contributed by atoms with Crippen molar-refractivity contribution in [3.63, 3.8) is 0 Å². The second kappa shape index (κ2) is 5.73. The molecular formula is C19H28N2. The van der Waals surface area contributed by atoms with Gasteiger partial charge in [0.15, 0.2) is 0 Å². The Kier molecular flexibility index (Phi) is 3.76. The number of nitrogens with one attached hydrogen (secondary N) is 1. The summed E-state index contributed by atoms with van der Waals surface area (Å²) in [7, 11) is 0. The predicted octanol–water partition coefficient (Wildman–Crippen LogP) is 3.39. The Balaban J connectivity index is 1.48. The zero-order chi connectivity index (χ0) is 14.1. The van der Waals surface area contributed by atoms with E-state index in [0.29, 0.717) is 0 Å². The molecule has 1 aromatic carbocycles. The third-order valence-electron chi connectivity index (χ3n) is 6.20. The van der Waals surface area contributed by atoms with Gasteiger partial charge in [0.05, 0.1) is 0 Å². The molecule has 2 saturated carbocycles. The van der Waals surface area contributed by atoms with E-state index in [1.54, 1.807) is 5.56 Å². The number of rotatable bonds is 5.